The Morgan fingerprint density at radius 1 is 1.45 bits per heavy atom. The summed E-state index contributed by atoms with van der Waals surface area (Å²) in [6, 6.07) is 4.03. The van der Waals surface area contributed by atoms with Crippen molar-refractivity contribution in [2.24, 2.45) is 0 Å². The van der Waals surface area contributed by atoms with Crippen molar-refractivity contribution in [1.29, 1.82) is 0 Å². The van der Waals surface area contributed by atoms with Crippen molar-refractivity contribution in [2.75, 3.05) is 18.2 Å². The molecule has 3 heterocycles. The van der Waals surface area contributed by atoms with Gasteiger partial charge in [0.05, 0.1) is 33.8 Å². The number of rotatable bonds is 5. The maximum absolute atomic E-state index is 11.9. The summed E-state index contributed by atoms with van der Waals surface area (Å²) in [5, 5.41) is 5.96. The Labute approximate surface area is 140 Å². The lowest BCUT2D eigenvalue weighted by molar-refractivity contribution is -0.132. The summed E-state index contributed by atoms with van der Waals surface area (Å²) >= 11 is 4.80. The first-order valence-electron chi connectivity index (χ1n) is 6.75. The van der Waals surface area contributed by atoms with E-state index in [0.717, 1.165) is 20.5 Å². The van der Waals surface area contributed by atoms with Gasteiger partial charge in [-0.1, -0.05) is 0 Å². The number of carbonyl (C=O) groups excluding carboxylic acids is 2. The Kier molecular flexibility index (Phi) is 4.80. The number of thiazole rings is 1. The molecular weight excluding hydrogens is 338 g/mol. The fraction of sp³-hybridized carbons (Fsp3) is 0.357. The zero-order chi connectivity index (χ0) is 15.5. The first-order valence-corrected chi connectivity index (χ1v) is 9.60. The van der Waals surface area contributed by atoms with Crippen LogP contribution < -0.4 is 5.32 Å². The van der Waals surface area contributed by atoms with Gasteiger partial charge in [0.2, 0.25) is 11.8 Å². The highest BCUT2D eigenvalue weighted by Crippen LogP contribution is 2.28. The second-order valence-electron chi connectivity index (χ2n) is 4.86. The SMILES string of the molecule is Cc1nc(-c2ccc(CNC(=O)CN3CSCC3=O)s2)cs1. The number of hydrogen-bond donors (Lipinski definition) is 1. The lowest BCUT2D eigenvalue weighted by atomic mass is 10.3. The van der Waals surface area contributed by atoms with Gasteiger partial charge in [0.15, 0.2) is 0 Å². The van der Waals surface area contributed by atoms with Gasteiger partial charge in [-0.3, -0.25) is 9.59 Å². The van der Waals surface area contributed by atoms with E-state index in [0.29, 0.717) is 18.2 Å². The molecule has 0 unspecified atom stereocenters. The third kappa shape index (κ3) is 3.68. The van der Waals surface area contributed by atoms with Crippen LogP contribution in [0.15, 0.2) is 17.5 Å². The van der Waals surface area contributed by atoms with E-state index in [4.69, 9.17) is 0 Å². The summed E-state index contributed by atoms with van der Waals surface area (Å²) in [7, 11) is 0. The monoisotopic (exact) mass is 353 g/mol. The summed E-state index contributed by atoms with van der Waals surface area (Å²) in [6.07, 6.45) is 0. The third-order valence-corrected chi connectivity index (χ3v) is 5.98. The van der Waals surface area contributed by atoms with Gasteiger partial charge in [0, 0.05) is 10.3 Å². The average Bonchev–Trinajstić information content (AvgIpc) is 3.19. The molecule has 1 aliphatic rings. The fourth-order valence-electron chi connectivity index (χ4n) is 2.04. The minimum Gasteiger partial charge on any atom is -0.350 e. The van der Waals surface area contributed by atoms with E-state index in [1.165, 1.54) is 0 Å². The first-order chi connectivity index (χ1) is 10.6. The van der Waals surface area contributed by atoms with Crippen LogP contribution in [0.25, 0.3) is 10.6 Å². The van der Waals surface area contributed by atoms with Gasteiger partial charge in [-0.2, -0.15) is 0 Å². The van der Waals surface area contributed by atoms with E-state index in [1.807, 2.05) is 24.4 Å². The van der Waals surface area contributed by atoms with Crippen LogP contribution in [0, 0.1) is 6.92 Å². The largest absolute Gasteiger partial charge is 0.350 e. The molecule has 0 atom stereocenters. The maximum Gasteiger partial charge on any atom is 0.239 e. The second-order valence-corrected chi connectivity index (χ2v) is 8.05. The second kappa shape index (κ2) is 6.80. The molecule has 8 heteroatoms. The van der Waals surface area contributed by atoms with Crippen molar-refractivity contribution in [3.63, 3.8) is 0 Å². The molecule has 0 bridgehead atoms. The van der Waals surface area contributed by atoms with Gasteiger partial charge in [-0.25, -0.2) is 4.98 Å². The predicted octanol–water partition coefficient (Wildman–Crippen LogP) is 2.33. The Balaban J connectivity index is 1.52. The molecular formula is C14H15N3O2S3. The van der Waals surface area contributed by atoms with Gasteiger partial charge < -0.3 is 10.2 Å². The number of thioether (sulfide) groups is 1. The zero-order valence-electron chi connectivity index (χ0n) is 12.0. The molecule has 22 heavy (non-hydrogen) atoms. The van der Waals surface area contributed by atoms with Crippen LogP contribution in [0.2, 0.25) is 0 Å². The number of nitrogens with zero attached hydrogens (tertiary/aromatic N) is 2. The molecule has 116 valence electrons. The number of hydrogen-bond acceptors (Lipinski definition) is 6. The van der Waals surface area contributed by atoms with E-state index in [-0.39, 0.29) is 18.4 Å². The minimum atomic E-state index is -0.115. The topological polar surface area (TPSA) is 62.3 Å². The van der Waals surface area contributed by atoms with Gasteiger partial charge in [0.1, 0.15) is 6.54 Å². The molecule has 0 saturated carbocycles. The molecule has 5 nitrogen and oxygen atoms in total. The lowest BCUT2D eigenvalue weighted by Gasteiger charge is -2.13. The predicted molar refractivity (Wildman–Crippen MR) is 91.0 cm³/mol. The maximum atomic E-state index is 11.9. The Morgan fingerprint density at radius 3 is 3.00 bits per heavy atom. The Bertz CT molecular complexity index is 695. The number of aryl methyl sites for hydroxylation is 1. The molecule has 0 radical (unpaired) electrons. The molecule has 1 N–H and O–H groups in total. The standard InChI is InChI=1S/C14H15N3O2S3/c1-9-16-11(6-21-9)12-3-2-10(22-12)4-15-13(18)5-17-8-20-7-14(17)19/h2-3,6H,4-5,7-8H2,1H3,(H,15,18). The quantitative estimate of drug-likeness (QED) is 0.896. The minimum absolute atomic E-state index is 0.0393. The van der Waals surface area contributed by atoms with Crippen LogP contribution >= 0.6 is 34.4 Å². The van der Waals surface area contributed by atoms with Gasteiger partial charge in [-0.05, 0) is 19.1 Å². The van der Waals surface area contributed by atoms with Crippen LogP contribution in [0.4, 0.5) is 0 Å². The number of nitrogens with one attached hydrogen (secondary N) is 1. The van der Waals surface area contributed by atoms with Gasteiger partial charge in [-0.15, -0.1) is 34.4 Å². The highest BCUT2D eigenvalue weighted by molar-refractivity contribution is 8.00. The van der Waals surface area contributed by atoms with E-state index in [2.05, 4.69) is 10.3 Å². The first kappa shape index (κ1) is 15.5. The summed E-state index contributed by atoms with van der Waals surface area (Å²) < 4.78 is 0. The fourth-order valence-corrected chi connectivity index (χ4v) is 4.54. The van der Waals surface area contributed by atoms with Crippen LogP contribution in [0.5, 0.6) is 0 Å². The highest BCUT2D eigenvalue weighted by atomic mass is 32.2. The third-order valence-electron chi connectivity index (χ3n) is 3.15. The molecule has 2 amide bonds. The van der Waals surface area contributed by atoms with E-state index < -0.39 is 0 Å². The van der Waals surface area contributed by atoms with E-state index in [9.17, 15) is 9.59 Å². The van der Waals surface area contributed by atoms with Crippen molar-refractivity contribution in [3.05, 3.63) is 27.4 Å². The number of aromatic nitrogens is 1. The average molecular weight is 353 g/mol. The van der Waals surface area contributed by atoms with E-state index in [1.54, 1.807) is 39.3 Å². The molecule has 2 aromatic rings. The van der Waals surface area contributed by atoms with Crippen molar-refractivity contribution in [3.8, 4) is 10.6 Å². The molecule has 1 saturated heterocycles. The molecule has 0 aliphatic carbocycles. The summed E-state index contributed by atoms with van der Waals surface area (Å²) in [6.45, 7) is 2.62. The zero-order valence-corrected chi connectivity index (χ0v) is 14.4. The van der Waals surface area contributed by atoms with Crippen molar-refractivity contribution in [2.45, 2.75) is 13.5 Å². The van der Waals surface area contributed by atoms with Crippen LogP contribution in [0.3, 0.4) is 0 Å². The summed E-state index contributed by atoms with van der Waals surface area (Å²) in [4.78, 5) is 31.6. The molecule has 3 rings (SSSR count). The Morgan fingerprint density at radius 2 is 2.32 bits per heavy atom. The molecule has 0 aromatic carbocycles. The van der Waals surface area contributed by atoms with Gasteiger partial charge in [0.25, 0.3) is 0 Å². The number of amides is 2. The van der Waals surface area contributed by atoms with Crippen molar-refractivity contribution >= 4 is 46.2 Å². The normalized spacial score (nSPS) is 14.6. The van der Waals surface area contributed by atoms with Crippen molar-refractivity contribution in [1.82, 2.24) is 15.2 Å². The van der Waals surface area contributed by atoms with Crippen LogP contribution in [-0.4, -0.2) is 39.9 Å². The molecule has 2 aromatic heterocycles. The summed E-state index contributed by atoms with van der Waals surface area (Å²) in [5.74, 6) is 1.01. The smallest absolute Gasteiger partial charge is 0.239 e. The molecule has 0 spiro atoms. The number of carbonyl (C=O) groups is 2. The van der Waals surface area contributed by atoms with Gasteiger partial charge >= 0.3 is 0 Å². The molecule has 1 aliphatic heterocycles. The molecule has 1 fully saturated rings. The van der Waals surface area contributed by atoms with E-state index >= 15 is 0 Å². The Hall–Kier alpha value is -1.38. The summed E-state index contributed by atoms with van der Waals surface area (Å²) in [5.41, 5.74) is 0.991. The number of thiophene rings is 1. The highest BCUT2D eigenvalue weighted by Gasteiger charge is 2.22. The van der Waals surface area contributed by atoms with Crippen molar-refractivity contribution < 1.29 is 9.59 Å². The lowest BCUT2D eigenvalue weighted by Crippen LogP contribution is -2.37. The van der Waals surface area contributed by atoms with Crippen LogP contribution in [-0.2, 0) is 16.1 Å². The van der Waals surface area contributed by atoms with Crippen LogP contribution in [0.1, 0.15) is 9.88 Å².